The summed E-state index contributed by atoms with van der Waals surface area (Å²) in [5, 5.41) is 5.71. The average Bonchev–Trinajstić information content (AvgIpc) is 2.52. The first kappa shape index (κ1) is 17.7. The number of carbonyl (C=O) groups excluding carboxylic acids is 2. The molecule has 0 unspecified atom stereocenters. The van der Waals surface area contributed by atoms with E-state index in [1.807, 2.05) is 52.0 Å². The maximum atomic E-state index is 12.3. The van der Waals surface area contributed by atoms with Crippen LogP contribution in [0.5, 0.6) is 0 Å². The fourth-order valence-electron chi connectivity index (χ4n) is 2.18. The lowest BCUT2D eigenvalue weighted by molar-refractivity contribution is 0.0919. The third kappa shape index (κ3) is 4.91. The SMILES string of the molecule is Cc1ccccc1CNC(=O)c1cc(C(=O)NC(C)(C)C)ccn1. The second kappa shape index (κ2) is 7.25. The Morgan fingerprint density at radius 3 is 2.46 bits per heavy atom. The molecule has 126 valence electrons. The van der Waals surface area contributed by atoms with E-state index >= 15 is 0 Å². The van der Waals surface area contributed by atoms with E-state index in [1.54, 1.807) is 6.07 Å². The Bertz CT molecular complexity index is 748. The Balaban J connectivity index is 2.06. The number of pyridine rings is 1. The predicted octanol–water partition coefficient (Wildman–Crippen LogP) is 2.85. The zero-order chi connectivity index (χ0) is 17.7. The van der Waals surface area contributed by atoms with Crippen LogP contribution < -0.4 is 10.6 Å². The molecule has 5 nitrogen and oxygen atoms in total. The zero-order valence-corrected chi connectivity index (χ0v) is 14.5. The summed E-state index contributed by atoms with van der Waals surface area (Å²) in [7, 11) is 0. The van der Waals surface area contributed by atoms with Crippen LogP contribution in [-0.2, 0) is 6.54 Å². The summed E-state index contributed by atoms with van der Waals surface area (Å²) in [6.45, 7) is 8.13. The van der Waals surface area contributed by atoms with Gasteiger partial charge >= 0.3 is 0 Å². The number of carbonyl (C=O) groups is 2. The van der Waals surface area contributed by atoms with Crippen LogP contribution >= 0.6 is 0 Å². The molecule has 1 aromatic carbocycles. The van der Waals surface area contributed by atoms with E-state index in [2.05, 4.69) is 15.6 Å². The third-order valence-electron chi connectivity index (χ3n) is 3.44. The molecule has 1 heterocycles. The van der Waals surface area contributed by atoms with Crippen molar-refractivity contribution in [3.63, 3.8) is 0 Å². The Morgan fingerprint density at radius 2 is 1.79 bits per heavy atom. The molecule has 2 N–H and O–H groups in total. The molecule has 24 heavy (non-hydrogen) atoms. The van der Waals surface area contributed by atoms with Gasteiger partial charge < -0.3 is 10.6 Å². The van der Waals surface area contributed by atoms with Crippen LogP contribution in [0.4, 0.5) is 0 Å². The van der Waals surface area contributed by atoms with Gasteiger partial charge in [0.2, 0.25) is 0 Å². The van der Waals surface area contributed by atoms with Crippen LogP contribution in [0.3, 0.4) is 0 Å². The Hall–Kier alpha value is -2.69. The number of aromatic nitrogens is 1. The quantitative estimate of drug-likeness (QED) is 0.908. The van der Waals surface area contributed by atoms with Crippen molar-refractivity contribution in [3.8, 4) is 0 Å². The standard InChI is InChI=1S/C19H23N3O2/c1-13-7-5-6-8-15(13)12-21-18(24)16-11-14(9-10-20-16)17(23)22-19(2,3)4/h5-11H,12H2,1-4H3,(H,21,24)(H,22,23). The first-order valence-corrected chi connectivity index (χ1v) is 7.87. The van der Waals surface area contributed by atoms with Crippen LogP contribution in [0, 0.1) is 6.92 Å². The molecule has 2 amide bonds. The van der Waals surface area contributed by atoms with Crippen molar-refractivity contribution in [2.45, 2.75) is 39.8 Å². The molecule has 2 rings (SSSR count). The highest BCUT2D eigenvalue weighted by Crippen LogP contribution is 2.08. The number of benzene rings is 1. The summed E-state index contributed by atoms with van der Waals surface area (Å²) in [5.41, 5.74) is 2.47. The normalized spacial score (nSPS) is 11.0. The molecule has 0 aliphatic carbocycles. The predicted molar refractivity (Wildman–Crippen MR) is 93.8 cm³/mol. The molecule has 0 bridgehead atoms. The van der Waals surface area contributed by atoms with Gasteiger partial charge in [0, 0.05) is 23.8 Å². The minimum Gasteiger partial charge on any atom is -0.347 e. The number of nitrogens with zero attached hydrogens (tertiary/aromatic N) is 1. The van der Waals surface area contributed by atoms with Gasteiger partial charge in [-0.1, -0.05) is 24.3 Å². The smallest absolute Gasteiger partial charge is 0.270 e. The second-order valence-corrected chi connectivity index (χ2v) is 6.74. The lowest BCUT2D eigenvalue weighted by Gasteiger charge is -2.20. The Labute approximate surface area is 142 Å². The summed E-state index contributed by atoms with van der Waals surface area (Å²) in [4.78, 5) is 28.5. The number of rotatable bonds is 4. The van der Waals surface area contributed by atoms with Crippen LogP contribution in [0.25, 0.3) is 0 Å². The summed E-state index contributed by atoms with van der Waals surface area (Å²) < 4.78 is 0. The lowest BCUT2D eigenvalue weighted by Crippen LogP contribution is -2.40. The lowest BCUT2D eigenvalue weighted by atomic mass is 10.1. The van der Waals surface area contributed by atoms with Crippen molar-refractivity contribution in [1.82, 2.24) is 15.6 Å². The van der Waals surface area contributed by atoms with E-state index < -0.39 is 0 Å². The highest BCUT2D eigenvalue weighted by atomic mass is 16.2. The first-order chi connectivity index (χ1) is 11.3. The monoisotopic (exact) mass is 325 g/mol. The molecule has 0 atom stereocenters. The van der Waals surface area contributed by atoms with Crippen molar-refractivity contribution in [1.29, 1.82) is 0 Å². The van der Waals surface area contributed by atoms with E-state index in [0.717, 1.165) is 11.1 Å². The number of nitrogens with one attached hydrogen (secondary N) is 2. The van der Waals surface area contributed by atoms with E-state index in [9.17, 15) is 9.59 Å². The van der Waals surface area contributed by atoms with E-state index in [-0.39, 0.29) is 23.0 Å². The summed E-state index contributed by atoms with van der Waals surface area (Å²) >= 11 is 0. The Morgan fingerprint density at radius 1 is 1.08 bits per heavy atom. The van der Waals surface area contributed by atoms with E-state index in [1.165, 1.54) is 12.3 Å². The van der Waals surface area contributed by atoms with Crippen LogP contribution in [-0.4, -0.2) is 22.3 Å². The molecule has 0 saturated carbocycles. The number of hydrogen-bond donors (Lipinski definition) is 2. The number of amides is 2. The molecule has 0 aliphatic heterocycles. The minimum atomic E-state index is -0.340. The topological polar surface area (TPSA) is 71.1 Å². The number of aryl methyl sites for hydroxylation is 1. The molecule has 0 saturated heterocycles. The van der Waals surface area contributed by atoms with Gasteiger partial charge in [-0.05, 0) is 51.0 Å². The molecule has 0 aliphatic rings. The first-order valence-electron chi connectivity index (χ1n) is 7.87. The van der Waals surface area contributed by atoms with Crippen molar-refractivity contribution in [2.75, 3.05) is 0 Å². The third-order valence-corrected chi connectivity index (χ3v) is 3.44. The molecule has 0 fully saturated rings. The van der Waals surface area contributed by atoms with E-state index in [0.29, 0.717) is 12.1 Å². The van der Waals surface area contributed by atoms with Crippen LogP contribution in [0.15, 0.2) is 42.6 Å². The highest BCUT2D eigenvalue weighted by molar-refractivity contribution is 5.98. The summed E-state index contributed by atoms with van der Waals surface area (Å²) in [6, 6.07) is 11.0. The van der Waals surface area contributed by atoms with Gasteiger partial charge in [0.1, 0.15) is 5.69 Å². The summed E-state index contributed by atoms with van der Waals surface area (Å²) in [6.07, 6.45) is 1.47. The minimum absolute atomic E-state index is 0.224. The van der Waals surface area contributed by atoms with Crippen molar-refractivity contribution >= 4 is 11.8 Å². The fourth-order valence-corrected chi connectivity index (χ4v) is 2.18. The van der Waals surface area contributed by atoms with Crippen molar-refractivity contribution in [2.24, 2.45) is 0 Å². The van der Waals surface area contributed by atoms with Gasteiger partial charge in [0.25, 0.3) is 11.8 Å². The van der Waals surface area contributed by atoms with Crippen molar-refractivity contribution < 1.29 is 9.59 Å². The molecule has 2 aromatic rings. The van der Waals surface area contributed by atoms with Gasteiger partial charge in [0.15, 0.2) is 0 Å². The highest BCUT2D eigenvalue weighted by Gasteiger charge is 2.17. The largest absolute Gasteiger partial charge is 0.347 e. The molecule has 0 spiro atoms. The van der Waals surface area contributed by atoms with Gasteiger partial charge in [-0.2, -0.15) is 0 Å². The maximum Gasteiger partial charge on any atom is 0.270 e. The van der Waals surface area contributed by atoms with Gasteiger partial charge in [-0.15, -0.1) is 0 Å². The molecule has 1 aromatic heterocycles. The average molecular weight is 325 g/mol. The van der Waals surface area contributed by atoms with Gasteiger partial charge in [-0.25, -0.2) is 0 Å². The second-order valence-electron chi connectivity index (χ2n) is 6.74. The van der Waals surface area contributed by atoms with Crippen LogP contribution in [0.2, 0.25) is 0 Å². The van der Waals surface area contributed by atoms with Gasteiger partial charge in [0.05, 0.1) is 0 Å². The number of hydrogen-bond acceptors (Lipinski definition) is 3. The van der Waals surface area contributed by atoms with Crippen LogP contribution in [0.1, 0.15) is 52.7 Å². The summed E-state index contributed by atoms with van der Waals surface area (Å²) in [5.74, 6) is -0.526. The zero-order valence-electron chi connectivity index (χ0n) is 14.5. The molecular weight excluding hydrogens is 302 g/mol. The molecular formula is C19H23N3O2. The van der Waals surface area contributed by atoms with Gasteiger partial charge in [-0.3, -0.25) is 14.6 Å². The van der Waals surface area contributed by atoms with Crippen molar-refractivity contribution in [3.05, 3.63) is 65.0 Å². The molecule has 5 heteroatoms. The molecule has 0 radical (unpaired) electrons. The maximum absolute atomic E-state index is 12.3. The fraction of sp³-hybridized carbons (Fsp3) is 0.316. The van der Waals surface area contributed by atoms with E-state index in [4.69, 9.17) is 0 Å². The Kier molecular flexibility index (Phi) is 5.34.